The molecule has 0 spiro atoms. The number of nitrogens with one attached hydrogen (secondary N) is 1. The third kappa shape index (κ3) is 6.23. The van der Waals surface area contributed by atoms with Gasteiger partial charge in [0, 0.05) is 31.6 Å². The Morgan fingerprint density at radius 3 is 2.55 bits per heavy atom. The van der Waals surface area contributed by atoms with E-state index in [0.29, 0.717) is 30.3 Å². The van der Waals surface area contributed by atoms with Crippen LogP contribution in [0.3, 0.4) is 0 Å². The number of esters is 1. The van der Waals surface area contributed by atoms with Gasteiger partial charge in [0.05, 0.1) is 7.11 Å². The average Bonchev–Trinajstić information content (AvgIpc) is 2.42. The Balaban J connectivity index is 2.49. The molecule has 0 radical (unpaired) electrons. The van der Waals surface area contributed by atoms with Crippen LogP contribution in [-0.4, -0.2) is 49.7 Å². The molecule has 0 amide bonds. The van der Waals surface area contributed by atoms with E-state index in [-0.39, 0.29) is 5.97 Å². The van der Waals surface area contributed by atoms with Crippen LogP contribution in [0, 0.1) is 11.8 Å². The van der Waals surface area contributed by atoms with Gasteiger partial charge in [-0.25, -0.2) is 0 Å². The van der Waals surface area contributed by atoms with Gasteiger partial charge in [-0.05, 0) is 45.1 Å². The van der Waals surface area contributed by atoms with Crippen LogP contribution in [0.5, 0.6) is 0 Å². The molecule has 0 saturated carbocycles. The van der Waals surface area contributed by atoms with Crippen LogP contribution in [-0.2, 0) is 9.53 Å². The molecular weight excluding hydrogens is 252 g/mol. The maximum atomic E-state index is 11.3. The molecule has 4 nitrogen and oxygen atoms in total. The van der Waals surface area contributed by atoms with Gasteiger partial charge in [-0.2, -0.15) is 0 Å². The summed E-state index contributed by atoms with van der Waals surface area (Å²) in [4.78, 5) is 13.8. The topological polar surface area (TPSA) is 41.6 Å². The van der Waals surface area contributed by atoms with Gasteiger partial charge in [0.25, 0.3) is 0 Å². The summed E-state index contributed by atoms with van der Waals surface area (Å²) in [5.74, 6) is 1.19. The molecule has 2 atom stereocenters. The largest absolute Gasteiger partial charge is 0.469 e. The van der Waals surface area contributed by atoms with Gasteiger partial charge >= 0.3 is 5.97 Å². The molecule has 1 heterocycles. The highest BCUT2D eigenvalue weighted by molar-refractivity contribution is 5.69. The summed E-state index contributed by atoms with van der Waals surface area (Å²) in [6.07, 6.45) is 2.66. The van der Waals surface area contributed by atoms with Crippen LogP contribution in [0.25, 0.3) is 0 Å². The van der Waals surface area contributed by atoms with Gasteiger partial charge in [-0.3, -0.25) is 9.69 Å². The SMILES string of the molecule is COC(=O)CCC1CC(NCC(C)C)CN(C(C)C)C1. The minimum Gasteiger partial charge on any atom is -0.469 e. The summed E-state index contributed by atoms with van der Waals surface area (Å²) in [5.41, 5.74) is 0. The van der Waals surface area contributed by atoms with E-state index < -0.39 is 0 Å². The zero-order chi connectivity index (χ0) is 15.1. The maximum absolute atomic E-state index is 11.3. The highest BCUT2D eigenvalue weighted by Gasteiger charge is 2.28. The number of hydrogen-bond donors (Lipinski definition) is 1. The van der Waals surface area contributed by atoms with Crippen LogP contribution >= 0.6 is 0 Å². The van der Waals surface area contributed by atoms with Crippen molar-refractivity contribution in [2.75, 3.05) is 26.7 Å². The smallest absolute Gasteiger partial charge is 0.305 e. The maximum Gasteiger partial charge on any atom is 0.305 e. The number of carbonyl (C=O) groups excluding carboxylic acids is 1. The Hall–Kier alpha value is -0.610. The summed E-state index contributed by atoms with van der Waals surface area (Å²) < 4.78 is 4.75. The first-order valence-corrected chi connectivity index (χ1v) is 7.96. The van der Waals surface area contributed by atoms with E-state index in [9.17, 15) is 4.79 Å². The summed E-state index contributed by atoms with van der Waals surface area (Å²) in [6.45, 7) is 12.3. The number of piperidine rings is 1. The molecule has 0 aromatic rings. The summed E-state index contributed by atoms with van der Waals surface area (Å²) in [6, 6.07) is 1.12. The summed E-state index contributed by atoms with van der Waals surface area (Å²) in [5, 5.41) is 3.68. The van der Waals surface area contributed by atoms with Gasteiger partial charge in [0.15, 0.2) is 0 Å². The lowest BCUT2D eigenvalue weighted by molar-refractivity contribution is -0.141. The first-order valence-electron chi connectivity index (χ1n) is 7.96. The first kappa shape index (κ1) is 17.4. The zero-order valence-electron chi connectivity index (χ0n) is 13.8. The molecule has 0 aromatic carbocycles. The number of methoxy groups -OCH3 is 1. The van der Waals surface area contributed by atoms with E-state index in [0.717, 1.165) is 26.1 Å². The minimum atomic E-state index is -0.0849. The molecule has 118 valence electrons. The lowest BCUT2D eigenvalue weighted by atomic mass is 9.89. The van der Waals surface area contributed by atoms with Crippen LogP contribution in [0.4, 0.5) is 0 Å². The minimum absolute atomic E-state index is 0.0849. The molecule has 0 aliphatic carbocycles. The van der Waals surface area contributed by atoms with Gasteiger partial charge in [0.1, 0.15) is 0 Å². The molecular formula is C16H32N2O2. The quantitative estimate of drug-likeness (QED) is 0.728. The van der Waals surface area contributed by atoms with Crippen molar-refractivity contribution in [3.05, 3.63) is 0 Å². The molecule has 1 aliphatic heterocycles. The van der Waals surface area contributed by atoms with Crippen LogP contribution in [0.15, 0.2) is 0 Å². The molecule has 1 fully saturated rings. The van der Waals surface area contributed by atoms with E-state index in [1.54, 1.807) is 0 Å². The molecule has 1 aliphatic rings. The van der Waals surface area contributed by atoms with Crippen molar-refractivity contribution < 1.29 is 9.53 Å². The summed E-state index contributed by atoms with van der Waals surface area (Å²) in [7, 11) is 1.47. The molecule has 0 bridgehead atoms. The molecule has 1 saturated heterocycles. The van der Waals surface area contributed by atoms with Gasteiger partial charge in [-0.1, -0.05) is 13.8 Å². The standard InChI is InChI=1S/C16H32N2O2/c1-12(2)9-17-15-8-14(6-7-16(19)20-5)10-18(11-15)13(3)4/h12-15,17H,6-11H2,1-5H3. The molecule has 0 aromatic heterocycles. The number of carbonyl (C=O) groups is 1. The fraction of sp³-hybridized carbons (Fsp3) is 0.938. The summed E-state index contributed by atoms with van der Waals surface area (Å²) >= 11 is 0. The second-order valence-electron chi connectivity index (χ2n) is 6.76. The number of rotatable bonds is 7. The Morgan fingerprint density at radius 1 is 1.30 bits per heavy atom. The van der Waals surface area contributed by atoms with Gasteiger partial charge in [0.2, 0.25) is 0 Å². The highest BCUT2D eigenvalue weighted by Crippen LogP contribution is 2.23. The normalized spacial score (nSPS) is 24.4. The number of ether oxygens (including phenoxy) is 1. The van der Waals surface area contributed by atoms with Crippen molar-refractivity contribution in [2.45, 2.75) is 59.0 Å². The third-order valence-electron chi connectivity index (χ3n) is 4.09. The van der Waals surface area contributed by atoms with Crippen molar-refractivity contribution >= 4 is 5.97 Å². The predicted molar refractivity (Wildman–Crippen MR) is 82.7 cm³/mol. The van der Waals surface area contributed by atoms with Crippen molar-refractivity contribution in [3.63, 3.8) is 0 Å². The lowest BCUT2D eigenvalue weighted by Crippen LogP contribution is -2.52. The van der Waals surface area contributed by atoms with Crippen molar-refractivity contribution in [1.82, 2.24) is 10.2 Å². The van der Waals surface area contributed by atoms with E-state index in [4.69, 9.17) is 4.74 Å². The average molecular weight is 284 g/mol. The van der Waals surface area contributed by atoms with Crippen molar-refractivity contribution in [2.24, 2.45) is 11.8 Å². The van der Waals surface area contributed by atoms with Crippen LogP contribution < -0.4 is 5.32 Å². The number of likely N-dealkylation sites (tertiary alicyclic amines) is 1. The Kier molecular flexibility index (Phi) is 7.52. The molecule has 4 heteroatoms. The van der Waals surface area contributed by atoms with E-state index >= 15 is 0 Å². The Morgan fingerprint density at radius 2 is 2.00 bits per heavy atom. The molecule has 2 unspecified atom stereocenters. The Bertz CT molecular complexity index is 292. The fourth-order valence-electron chi connectivity index (χ4n) is 2.85. The molecule has 1 rings (SSSR count). The predicted octanol–water partition coefficient (Wildman–Crippen LogP) is 2.28. The van der Waals surface area contributed by atoms with Crippen molar-refractivity contribution in [1.29, 1.82) is 0 Å². The second kappa shape index (κ2) is 8.63. The number of nitrogens with zero attached hydrogens (tertiary/aromatic N) is 1. The second-order valence-corrected chi connectivity index (χ2v) is 6.76. The van der Waals surface area contributed by atoms with E-state index in [2.05, 4.69) is 37.9 Å². The fourth-order valence-corrected chi connectivity index (χ4v) is 2.85. The van der Waals surface area contributed by atoms with E-state index in [1.165, 1.54) is 13.5 Å². The van der Waals surface area contributed by atoms with Gasteiger partial charge in [-0.15, -0.1) is 0 Å². The van der Waals surface area contributed by atoms with E-state index in [1.807, 2.05) is 0 Å². The van der Waals surface area contributed by atoms with Gasteiger partial charge < -0.3 is 10.1 Å². The van der Waals surface area contributed by atoms with Crippen molar-refractivity contribution in [3.8, 4) is 0 Å². The first-order chi connectivity index (χ1) is 9.42. The van der Waals surface area contributed by atoms with Crippen LogP contribution in [0.1, 0.15) is 47.0 Å². The third-order valence-corrected chi connectivity index (χ3v) is 4.09. The zero-order valence-corrected chi connectivity index (χ0v) is 13.8. The van der Waals surface area contributed by atoms with Crippen LogP contribution in [0.2, 0.25) is 0 Å². The highest BCUT2D eigenvalue weighted by atomic mass is 16.5. The number of hydrogen-bond acceptors (Lipinski definition) is 4. The molecule has 1 N–H and O–H groups in total. The lowest BCUT2D eigenvalue weighted by Gasteiger charge is -2.40. The Labute approximate surface area is 124 Å². The molecule has 20 heavy (non-hydrogen) atoms. The monoisotopic (exact) mass is 284 g/mol.